The Kier molecular flexibility index (Phi) is 14.6. The van der Waals surface area contributed by atoms with Crippen LogP contribution in [0.15, 0.2) is 5.11 Å². The van der Waals surface area contributed by atoms with E-state index in [0.717, 1.165) is 0 Å². The molecule has 0 bridgehead atoms. The summed E-state index contributed by atoms with van der Waals surface area (Å²) in [4.78, 5) is 2.48. The second-order valence-corrected chi connectivity index (χ2v) is 2.95. The van der Waals surface area contributed by atoms with Crippen molar-refractivity contribution in [2.45, 2.75) is 6.92 Å². The molecule has 0 aliphatic rings. The molecule has 0 spiro atoms. The highest BCUT2D eigenvalue weighted by Crippen LogP contribution is 1.82. The van der Waals surface area contributed by atoms with Gasteiger partial charge in [-0.2, -0.15) is 0 Å². The van der Waals surface area contributed by atoms with Gasteiger partial charge in [0.2, 0.25) is 0 Å². The summed E-state index contributed by atoms with van der Waals surface area (Å²) in [6.07, 6.45) is 0. The van der Waals surface area contributed by atoms with Crippen LogP contribution in [0.4, 0.5) is 0 Å². The zero-order valence-electron chi connectivity index (χ0n) is 10.6. The highest BCUT2D eigenvalue weighted by molar-refractivity contribution is 4.96. The van der Waals surface area contributed by atoms with Crippen LogP contribution < -0.4 is 0 Å². The molecule has 7 nitrogen and oxygen atoms in total. The van der Waals surface area contributed by atoms with Crippen LogP contribution in [-0.4, -0.2) is 52.9 Å². The molecule has 0 N–H and O–H groups in total. The highest BCUT2D eigenvalue weighted by Gasteiger charge is 1.90. The maximum atomic E-state index is 7.93. The first-order valence-corrected chi connectivity index (χ1v) is 5.74. The molecule has 0 aromatic carbocycles. The van der Waals surface area contributed by atoms with Crippen molar-refractivity contribution < 1.29 is 18.9 Å². The van der Waals surface area contributed by atoms with Gasteiger partial charge in [0, 0.05) is 11.5 Å². The quantitative estimate of drug-likeness (QED) is 0.184. The van der Waals surface area contributed by atoms with Gasteiger partial charge in [0.05, 0.1) is 39.6 Å². The molecule has 0 aromatic rings. The highest BCUT2D eigenvalue weighted by atomic mass is 16.6. The smallest absolute Gasteiger partial charge is 0.108 e. The first-order chi connectivity index (χ1) is 8.91. The Morgan fingerprint density at radius 3 is 2.06 bits per heavy atom. The van der Waals surface area contributed by atoms with E-state index in [2.05, 4.69) is 22.0 Å². The molecular weight excluding hydrogens is 238 g/mol. The predicted octanol–water partition coefficient (Wildman–Crippen LogP) is 1.34. The van der Waals surface area contributed by atoms with E-state index in [9.17, 15) is 0 Å². The SMILES string of the molecule is CCOCCOCCOCCOCC#CN=[N+]=[N-]. The Morgan fingerprint density at radius 1 is 0.944 bits per heavy atom. The van der Waals surface area contributed by atoms with Crippen LogP contribution in [0.25, 0.3) is 10.4 Å². The van der Waals surface area contributed by atoms with Gasteiger partial charge in [-0.3, -0.25) is 0 Å². The lowest BCUT2D eigenvalue weighted by molar-refractivity contribution is 0.00282. The Bertz CT molecular complexity index is 282. The van der Waals surface area contributed by atoms with Crippen molar-refractivity contribution in [3.8, 4) is 12.0 Å². The van der Waals surface area contributed by atoms with E-state index in [-0.39, 0.29) is 6.61 Å². The molecule has 0 aromatic heterocycles. The molecular formula is C11H19N3O4. The maximum absolute atomic E-state index is 7.93. The van der Waals surface area contributed by atoms with Crippen molar-refractivity contribution in [3.63, 3.8) is 0 Å². The lowest BCUT2D eigenvalue weighted by Crippen LogP contribution is -2.11. The fourth-order valence-electron chi connectivity index (χ4n) is 0.915. The van der Waals surface area contributed by atoms with E-state index in [4.69, 9.17) is 24.5 Å². The molecule has 0 unspecified atom stereocenters. The maximum Gasteiger partial charge on any atom is 0.108 e. The third-order valence-corrected chi connectivity index (χ3v) is 1.67. The Hall–Kier alpha value is -1.29. The second kappa shape index (κ2) is 15.7. The van der Waals surface area contributed by atoms with Crippen molar-refractivity contribution in [1.82, 2.24) is 0 Å². The number of nitrogens with zero attached hydrogens (tertiary/aromatic N) is 3. The minimum absolute atomic E-state index is 0.229. The Balaban J connectivity index is 3.03. The van der Waals surface area contributed by atoms with E-state index in [1.165, 1.54) is 0 Å². The summed E-state index contributed by atoms with van der Waals surface area (Å²) in [5, 5.41) is 3.04. The van der Waals surface area contributed by atoms with E-state index < -0.39 is 0 Å². The summed E-state index contributed by atoms with van der Waals surface area (Å²) in [5.74, 6) is 2.53. The van der Waals surface area contributed by atoms with Gasteiger partial charge < -0.3 is 18.9 Å². The van der Waals surface area contributed by atoms with E-state index >= 15 is 0 Å². The number of hydrogen-bond donors (Lipinski definition) is 0. The van der Waals surface area contributed by atoms with Gasteiger partial charge in [-0.1, -0.05) is 5.92 Å². The van der Waals surface area contributed by atoms with Gasteiger partial charge in [-0.25, -0.2) is 0 Å². The Labute approximate surface area is 107 Å². The van der Waals surface area contributed by atoms with Crippen LogP contribution in [0, 0.1) is 12.0 Å². The summed E-state index contributed by atoms with van der Waals surface area (Å²) < 4.78 is 20.7. The lowest BCUT2D eigenvalue weighted by Gasteiger charge is -2.05. The Morgan fingerprint density at radius 2 is 1.50 bits per heavy atom. The molecule has 18 heavy (non-hydrogen) atoms. The first kappa shape index (κ1) is 16.7. The fraction of sp³-hybridized carbons (Fsp3) is 0.818. The standard InChI is InChI=1S/C11H19N3O4/c1-2-15-6-7-17-10-11-18-9-8-16-5-3-4-13-14-12/h2,5-11H2,1H3. The largest absolute Gasteiger partial charge is 0.379 e. The van der Waals surface area contributed by atoms with Gasteiger partial charge in [0.15, 0.2) is 0 Å². The van der Waals surface area contributed by atoms with E-state index in [1.807, 2.05) is 6.92 Å². The normalized spacial score (nSPS) is 9.39. The summed E-state index contributed by atoms with van der Waals surface area (Å²) in [7, 11) is 0. The molecule has 0 amide bonds. The third-order valence-electron chi connectivity index (χ3n) is 1.67. The zero-order valence-corrected chi connectivity index (χ0v) is 10.6. The number of rotatable bonds is 11. The molecule has 7 heteroatoms. The number of azide groups is 1. The molecule has 0 aliphatic heterocycles. The first-order valence-electron chi connectivity index (χ1n) is 5.74. The van der Waals surface area contributed by atoms with Gasteiger partial charge in [-0.15, -0.1) is 0 Å². The van der Waals surface area contributed by atoms with Crippen LogP contribution in [0.1, 0.15) is 6.92 Å². The molecule has 0 saturated carbocycles. The molecule has 0 fully saturated rings. The van der Waals surface area contributed by atoms with Crippen molar-refractivity contribution in [3.05, 3.63) is 10.4 Å². The van der Waals surface area contributed by atoms with Crippen molar-refractivity contribution >= 4 is 0 Å². The van der Waals surface area contributed by atoms with Crippen molar-refractivity contribution in [1.29, 1.82) is 0 Å². The van der Waals surface area contributed by atoms with E-state index in [1.54, 1.807) is 0 Å². The van der Waals surface area contributed by atoms with Gasteiger partial charge in [0.1, 0.15) is 6.61 Å². The van der Waals surface area contributed by atoms with Gasteiger partial charge >= 0.3 is 0 Å². The van der Waals surface area contributed by atoms with Crippen LogP contribution in [0.2, 0.25) is 0 Å². The van der Waals surface area contributed by atoms with Crippen LogP contribution >= 0.6 is 0 Å². The summed E-state index contributed by atoms with van der Waals surface area (Å²) >= 11 is 0. The molecule has 0 heterocycles. The monoisotopic (exact) mass is 257 g/mol. The fourth-order valence-corrected chi connectivity index (χ4v) is 0.915. The average Bonchev–Trinajstić information content (AvgIpc) is 2.39. The molecule has 0 saturated heterocycles. The molecule has 0 radical (unpaired) electrons. The minimum Gasteiger partial charge on any atom is -0.379 e. The van der Waals surface area contributed by atoms with Gasteiger partial charge in [-0.05, 0) is 23.6 Å². The molecule has 0 atom stereocenters. The zero-order chi connectivity index (χ0) is 13.3. The third kappa shape index (κ3) is 14.7. The van der Waals surface area contributed by atoms with Crippen LogP contribution in [0.5, 0.6) is 0 Å². The summed E-state index contributed by atoms with van der Waals surface area (Å²) in [6, 6.07) is 2.23. The summed E-state index contributed by atoms with van der Waals surface area (Å²) in [5.41, 5.74) is 7.93. The number of hydrogen-bond acceptors (Lipinski definition) is 5. The molecule has 102 valence electrons. The van der Waals surface area contributed by atoms with Crippen LogP contribution in [0.3, 0.4) is 0 Å². The second-order valence-electron chi connectivity index (χ2n) is 2.95. The van der Waals surface area contributed by atoms with E-state index in [0.29, 0.717) is 46.2 Å². The lowest BCUT2D eigenvalue weighted by atomic mass is 10.7. The average molecular weight is 257 g/mol. The molecule has 0 rings (SSSR count). The van der Waals surface area contributed by atoms with Crippen LogP contribution in [-0.2, 0) is 18.9 Å². The number of ether oxygens (including phenoxy) is 4. The topological polar surface area (TPSA) is 85.7 Å². The minimum atomic E-state index is 0.229. The molecule has 0 aliphatic carbocycles. The van der Waals surface area contributed by atoms with Gasteiger partial charge in [0.25, 0.3) is 0 Å². The summed E-state index contributed by atoms with van der Waals surface area (Å²) in [6.45, 7) is 6.09. The predicted molar refractivity (Wildman–Crippen MR) is 65.9 cm³/mol. The van der Waals surface area contributed by atoms with Crippen molar-refractivity contribution in [2.24, 2.45) is 5.11 Å². The van der Waals surface area contributed by atoms with Crippen molar-refractivity contribution in [2.75, 3.05) is 52.9 Å².